The van der Waals surface area contributed by atoms with E-state index in [1.54, 1.807) is 0 Å². The third-order valence-electron chi connectivity index (χ3n) is 2.36. The van der Waals surface area contributed by atoms with Crippen LogP contribution in [0.3, 0.4) is 0 Å². The molecule has 0 saturated carbocycles. The Morgan fingerprint density at radius 3 is 2.47 bits per heavy atom. The highest BCUT2D eigenvalue weighted by Gasteiger charge is 2.08. The number of likely N-dealkylation sites (N-methyl/N-ethyl adjacent to an activating group) is 1. The van der Waals surface area contributed by atoms with E-state index in [2.05, 4.69) is 28.9 Å². The van der Waals surface area contributed by atoms with Gasteiger partial charge in [-0.05, 0) is 19.1 Å². The van der Waals surface area contributed by atoms with Gasteiger partial charge in [0.25, 0.3) is 0 Å². The van der Waals surface area contributed by atoms with Crippen molar-refractivity contribution in [3.05, 3.63) is 30.3 Å². The molecule has 0 amide bonds. The summed E-state index contributed by atoms with van der Waals surface area (Å²) in [5.74, 6) is 0.142. The van der Waals surface area contributed by atoms with Crippen LogP contribution in [-0.2, 0) is 0 Å². The van der Waals surface area contributed by atoms with Gasteiger partial charge >= 0.3 is 0 Å². The highest BCUT2D eigenvalue weighted by atomic mass is 15.1. The lowest BCUT2D eigenvalue weighted by molar-refractivity contribution is 0.696. The Labute approximate surface area is 90.6 Å². The number of aliphatic imine (C=N–C) groups is 1. The molecular formula is C11H18N4. The standard InChI is InChI=1S/C11H18N4/c1-9(8-14-11(12)13)15(2)10-6-4-3-5-7-10/h3-7,9H,8H2,1-2H3,(H4,12,13,14). The molecule has 4 nitrogen and oxygen atoms in total. The van der Waals surface area contributed by atoms with Crippen molar-refractivity contribution in [3.63, 3.8) is 0 Å². The van der Waals surface area contributed by atoms with Crippen LogP contribution in [0.2, 0.25) is 0 Å². The molecule has 0 aliphatic carbocycles. The van der Waals surface area contributed by atoms with Crippen LogP contribution in [0.5, 0.6) is 0 Å². The minimum absolute atomic E-state index is 0.142. The van der Waals surface area contributed by atoms with Crippen LogP contribution in [0.1, 0.15) is 6.92 Å². The molecule has 0 spiro atoms. The summed E-state index contributed by atoms with van der Waals surface area (Å²) in [6.07, 6.45) is 0. The molecule has 0 fully saturated rings. The van der Waals surface area contributed by atoms with E-state index in [0.29, 0.717) is 6.54 Å². The Morgan fingerprint density at radius 1 is 1.33 bits per heavy atom. The molecule has 1 rings (SSSR count). The molecule has 1 atom stereocenters. The highest BCUT2D eigenvalue weighted by molar-refractivity contribution is 5.75. The van der Waals surface area contributed by atoms with Gasteiger partial charge in [0.15, 0.2) is 5.96 Å². The molecule has 0 heterocycles. The molecule has 82 valence electrons. The average molecular weight is 206 g/mol. The van der Waals surface area contributed by atoms with E-state index in [1.165, 1.54) is 0 Å². The first kappa shape index (κ1) is 11.4. The summed E-state index contributed by atoms with van der Waals surface area (Å²) in [5, 5.41) is 0. The van der Waals surface area contributed by atoms with E-state index in [1.807, 2.05) is 25.2 Å². The number of anilines is 1. The number of benzene rings is 1. The van der Waals surface area contributed by atoms with Crippen LogP contribution >= 0.6 is 0 Å². The van der Waals surface area contributed by atoms with Crippen molar-refractivity contribution in [1.82, 2.24) is 0 Å². The Morgan fingerprint density at radius 2 is 1.93 bits per heavy atom. The smallest absolute Gasteiger partial charge is 0.185 e. The van der Waals surface area contributed by atoms with E-state index in [0.717, 1.165) is 5.69 Å². The second kappa shape index (κ2) is 5.24. The normalized spacial score (nSPS) is 11.9. The maximum absolute atomic E-state index is 5.29. The maximum atomic E-state index is 5.29. The molecule has 1 unspecified atom stereocenters. The quantitative estimate of drug-likeness (QED) is 0.565. The maximum Gasteiger partial charge on any atom is 0.185 e. The fourth-order valence-corrected chi connectivity index (χ4v) is 1.28. The van der Waals surface area contributed by atoms with Crippen molar-refractivity contribution >= 4 is 11.6 Å². The molecule has 1 aromatic rings. The van der Waals surface area contributed by atoms with Gasteiger partial charge in [0.05, 0.1) is 6.54 Å². The Kier molecular flexibility index (Phi) is 3.97. The summed E-state index contributed by atoms with van der Waals surface area (Å²) >= 11 is 0. The number of guanidine groups is 1. The van der Waals surface area contributed by atoms with Gasteiger partial charge in [-0.15, -0.1) is 0 Å². The molecule has 0 aliphatic rings. The summed E-state index contributed by atoms with van der Waals surface area (Å²) in [6.45, 7) is 2.69. The number of hydrogen-bond acceptors (Lipinski definition) is 2. The molecule has 0 bridgehead atoms. The molecule has 0 aromatic heterocycles. The van der Waals surface area contributed by atoms with Gasteiger partial charge in [-0.3, -0.25) is 4.99 Å². The Bertz CT molecular complexity index is 317. The van der Waals surface area contributed by atoms with Gasteiger partial charge in [-0.2, -0.15) is 0 Å². The first-order valence-corrected chi connectivity index (χ1v) is 4.94. The van der Waals surface area contributed by atoms with Crippen molar-refractivity contribution in [2.75, 3.05) is 18.5 Å². The number of nitrogens with two attached hydrogens (primary N) is 2. The molecule has 0 aliphatic heterocycles. The number of nitrogens with zero attached hydrogens (tertiary/aromatic N) is 2. The average Bonchev–Trinajstić information content (AvgIpc) is 2.26. The number of rotatable bonds is 4. The molecule has 4 heteroatoms. The van der Waals surface area contributed by atoms with Crippen LogP contribution < -0.4 is 16.4 Å². The van der Waals surface area contributed by atoms with E-state index in [-0.39, 0.29) is 12.0 Å². The SMILES string of the molecule is CC(CN=C(N)N)N(C)c1ccccc1. The van der Waals surface area contributed by atoms with Crippen LogP contribution in [0, 0.1) is 0 Å². The summed E-state index contributed by atoms with van der Waals surface area (Å²) in [4.78, 5) is 6.15. The van der Waals surface area contributed by atoms with E-state index >= 15 is 0 Å². The van der Waals surface area contributed by atoms with Crippen molar-refractivity contribution in [3.8, 4) is 0 Å². The summed E-state index contributed by atoms with van der Waals surface area (Å²) < 4.78 is 0. The summed E-state index contributed by atoms with van der Waals surface area (Å²) in [5.41, 5.74) is 11.7. The zero-order valence-electron chi connectivity index (χ0n) is 9.22. The first-order chi connectivity index (χ1) is 7.11. The zero-order chi connectivity index (χ0) is 11.3. The lowest BCUT2D eigenvalue weighted by atomic mass is 10.2. The van der Waals surface area contributed by atoms with Gasteiger partial charge in [0.2, 0.25) is 0 Å². The van der Waals surface area contributed by atoms with Crippen LogP contribution in [-0.4, -0.2) is 25.6 Å². The van der Waals surface area contributed by atoms with Crippen molar-refractivity contribution in [2.45, 2.75) is 13.0 Å². The Balaban J connectivity index is 2.61. The Hall–Kier alpha value is -1.71. The molecule has 0 saturated heterocycles. The fourth-order valence-electron chi connectivity index (χ4n) is 1.28. The largest absolute Gasteiger partial charge is 0.370 e. The lowest BCUT2D eigenvalue weighted by Crippen LogP contribution is -2.33. The van der Waals surface area contributed by atoms with Gasteiger partial charge < -0.3 is 16.4 Å². The monoisotopic (exact) mass is 206 g/mol. The third-order valence-corrected chi connectivity index (χ3v) is 2.36. The third kappa shape index (κ3) is 3.50. The second-order valence-electron chi connectivity index (χ2n) is 3.56. The minimum Gasteiger partial charge on any atom is -0.370 e. The van der Waals surface area contributed by atoms with Crippen LogP contribution in [0.25, 0.3) is 0 Å². The number of hydrogen-bond donors (Lipinski definition) is 2. The predicted octanol–water partition coefficient (Wildman–Crippen LogP) is 0.785. The van der Waals surface area contributed by atoms with E-state index < -0.39 is 0 Å². The lowest BCUT2D eigenvalue weighted by Gasteiger charge is -2.25. The van der Waals surface area contributed by atoms with Crippen molar-refractivity contribution < 1.29 is 0 Å². The molecule has 4 N–H and O–H groups in total. The van der Waals surface area contributed by atoms with E-state index in [9.17, 15) is 0 Å². The van der Waals surface area contributed by atoms with Crippen molar-refractivity contribution in [2.24, 2.45) is 16.5 Å². The van der Waals surface area contributed by atoms with Gasteiger partial charge in [-0.1, -0.05) is 18.2 Å². The van der Waals surface area contributed by atoms with E-state index in [4.69, 9.17) is 11.5 Å². The minimum atomic E-state index is 0.142. The second-order valence-corrected chi connectivity index (χ2v) is 3.56. The fraction of sp³-hybridized carbons (Fsp3) is 0.364. The topological polar surface area (TPSA) is 67.6 Å². The molecular weight excluding hydrogens is 188 g/mol. The highest BCUT2D eigenvalue weighted by Crippen LogP contribution is 2.13. The summed E-state index contributed by atoms with van der Waals surface area (Å²) in [7, 11) is 2.03. The van der Waals surface area contributed by atoms with Crippen molar-refractivity contribution in [1.29, 1.82) is 0 Å². The molecule has 0 radical (unpaired) electrons. The first-order valence-electron chi connectivity index (χ1n) is 4.94. The zero-order valence-corrected chi connectivity index (χ0v) is 9.22. The van der Waals surface area contributed by atoms with Crippen LogP contribution in [0.4, 0.5) is 5.69 Å². The van der Waals surface area contributed by atoms with Gasteiger partial charge in [0, 0.05) is 18.8 Å². The van der Waals surface area contributed by atoms with Crippen LogP contribution in [0.15, 0.2) is 35.3 Å². The number of para-hydroxylation sites is 1. The molecule has 1 aromatic carbocycles. The molecule has 15 heavy (non-hydrogen) atoms. The predicted molar refractivity (Wildman–Crippen MR) is 65.0 cm³/mol. The van der Waals surface area contributed by atoms with Gasteiger partial charge in [0.1, 0.15) is 0 Å². The summed E-state index contributed by atoms with van der Waals surface area (Å²) in [6, 6.07) is 10.4. The van der Waals surface area contributed by atoms with Gasteiger partial charge in [-0.25, -0.2) is 0 Å².